The number of imidazole rings is 1. The summed E-state index contributed by atoms with van der Waals surface area (Å²) in [5, 5.41) is 5.08. The number of nitrogens with one attached hydrogen (secondary N) is 2. The summed E-state index contributed by atoms with van der Waals surface area (Å²) in [4.78, 5) is 28.7. The molecule has 0 radical (unpaired) electrons. The van der Waals surface area contributed by atoms with E-state index in [2.05, 4.69) is 15.6 Å². The van der Waals surface area contributed by atoms with E-state index in [9.17, 15) is 31.5 Å². The van der Waals surface area contributed by atoms with Crippen LogP contribution in [0.3, 0.4) is 0 Å². The SMILES string of the molecule is O=C1Cn2cnc(NC(=O)c3cc(F)cc(C(F)(F)F)c3)c2C(c2cc(F)ccc2Cl)N1. The highest BCUT2D eigenvalue weighted by Gasteiger charge is 2.34. The molecule has 1 aliphatic heterocycles. The average molecular weight is 471 g/mol. The molecule has 166 valence electrons. The van der Waals surface area contributed by atoms with Gasteiger partial charge in [-0.3, -0.25) is 9.59 Å². The third-order valence-electron chi connectivity index (χ3n) is 4.76. The number of benzene rings is 2. The third kappa shape index (κ3) is 4.15. The smallest absolute Gasteiger partial charge is 0.342 e. The van der Waals surface area contributed by atoms with Gasteiger partial charge in [-0.2, -0.15) is 13.2 Å². The zero-order valence-corrected chi connectivity index (χ0v) is 16.6. The lowest BCUT2D eigenvalue weighted by atomic mass is 10.0. The summed E-state index contributed by atoms with van der Waals surface area (Å²) in [5.74, 6) is -3.47. The molecule has 0 spiro atoms. The summed E-state index contributed by atoms with van der Waals surface area (Å²) in [7, 11) is 0. The Morgan fingerprint density at radius 1 is 1.16 bits per heavy atom. The highest BCUT2D eigenvalue weighted by molar-refractivity contribution is 6.31. The van der Waals surface area contributed by atoms with Crippen LogP contribution in [-0.2, 0) is 17.5 Å². The van der Waals surface area contributed by atoms with Gasteiger partial charge in [-0.1, -0.05) is 11.6 Å². The van der Waals surface area contributed by atoms with Crippen LogP contribution in [0.2, 0.25) is 5.02 Å². The van der Waals surface area contributed by atoms with Gasteiger partial charge in [-0.15, -0.1) is 0 Å². The molecule has 32 heavy (non-hydrogen) atoms. The van der Waals surface area contributed by atoms with Crippen molar-refractivity contribution in [2.75, 3.05) is 5.32 Å². The summed E-state index contributed by atoms with van der Waals surface area (Å²) < 4.78 is 67.8. The fourth-order valence-electron chi connectivity index (χ4n) is 3.37. The molecule has 0 saturated heterocycles. The highest BCUT2D eigenvalue weighted by Crippen LogP contribution is 2.35. The largest absolute Gasteiger partial charge is 0.416 e. The molecule has 0 aliphatic carbocycles. The predicted molar refractivity (Wildman–Crippen MR) is 103 cm³/mol. The molecule has 1 unspecified atom stereocenters. The summed E-state index contributed by atoms with van der Waals surface area (Å²) in [6.07, 6.45) is -3.62. The summed E-state index contributed by atoms with van der Waals surface area (Å²) in [6, 6.07) is 3.93. The van der Waals surface area contributed by atoms with Crippen LogP contribution < -0.4 is 10.6 Å². The predicted octanol–water partition coefficient (Wildman–Crippen LogP) is 4.31. The van der Waals surface area contributed by atoms with Crippen molar-refractivity contribution in [1.82, 2.24) is 14.9 Å². The summed E-state index contributed by atoms with van der Waals surface area (Å²) >= 11 is 6.16. The number of nitrogens with zero attached hydrogens (tertiary/aromatic N) is 2. The molecule has 3 aromatic rings. The second kappa shape index (κ2) is 7.90. The van der Waals surface area contributed by atoms with Gasteiger partial charge in [-0.05, 0) is 36.4 Å². The van der Waals surface area contributed by atoms with Crippen LogP contribution in [0.4, 0.5) is 27.8 Å². The van der Waals surface area contributed by atoms with Crippen molar-refractivity contribution in [3.05, 3.63) is 81.8 Å². The van der Waals surface area contributed by atoms with Gasteiger partial charge in [0, 0.05) is 16.1 Å². The van der Waals surface area contributed by atoms with Crippen LogP contribution >= 0.6 is 11.6 Å². The van der Waals surface area contributed by atoms with E-state index in [1.807, 2.05) is 0 Å². The molecule has 2 heterocycles. The van der Waals surface area contributed by atoms with Gasteiger partial charge in [0.15, 0.2) is 5.82 Å². The number of amides is 2. The second-order valence-electron chi connectivity index (χ2n) is 6.95. The van der Waals surface area contributed by atoms with E-state index in [1.54, 1.807) is 0 Å². The molecule has 1 atom stereocenters. The Morgan fingerprint density at radius 3 is 2.62 bits per heavy atom. The minimum Gasteiger partial charge on any atom is -0.342 e. The number of hydrogen-bond acceptors (Lipinski definition) is 3. The molecule has 2 amide bonds. The fourth-order valence-corrected chi connectivity index (χ4v) is 3.60. The lowest BCUT2D eigenvalue weighted by Gasteiger charge is -2.27. The summed E-state index contributed by atoms with van der Waals surface area (Å²) in [6.45, 7) is -0.167. The highest BCUT2D eigenvalue weighted by atomic mass is 35.5. The Kier molecular flexibility index (Phi) is 5.37. The van der Waals surface area contributed by atoms with Crippen molar-refractivity contribution in [2.24, 2.45) is 0 Å². The zero-order valence-electron chi connectivity index (χ0n) is 15.8. The van der Waals surface area contributed by atoms with Crippen LogP contribution in [0.1, 0.15) is 33.2 Å². The molecule has 4 rings (SSSR count). The van der Waals surface area contributed by atoms with Crippen LogP contribution in [0.25, 0.3) is 0 Å². The van der Waals surface area contributed by atoms with Gasteiger partial charge in [-0.25, -0.2) is 13.8 Å². The lowest BCUT2D eigenvalue weighted by molar-refractivity contribution is -0.137. The molecule has 0 bridgehead atoms. The minimum atomic E-state index is -4.85. The standard InChI is InChI=1S/C20H12ClF5N4O2/c21-14-2-1-11(22)6-13(14)16-17-18(27-8-30(17)7-15(31)28-16)29-19(32)9-3-10(20(24,25)26)5-12(23)4-9/h1-6,8,16H,7H2,(H,28,31)(H,29,32). The second-order valence-corrected chi connectivity index (χ2v) is 7.36. The first-order valence-electron chi connectivity index (χ1n) is 9.01. The molecular formula is C20H12ClF5N4O2. The van der Waals surface area contributed by atoms with Gasteiger partial charge < -0.3 is 15.2 Å². The van der Waals surface area contributed by atoms with E-state index < -0.39 is 46.8 Å². The van der Waals surface area contributed by atoms with E-state index in [-0.39, 0.29) is 34.7 Å². The Bertz CT molecular complexity index is 1240. The molecule has 12 heteroatoms. The van der Waals surface area contributed by atoms with Crippen LogP contribution in [0, 0.1) is 11.6 Å². The Morgan fingerprint density at radius 2 is 1.91 bits per heavy atom. The van der Waals surface area contributed by atoms with Crippen LogP contribution in [-0.4, -0.2) is 21.4 Å². The Balaban J connectivity index is 1.72. The summed E-state index contributed by atoms with van der Waals surface area (Å²) in [5.41, 5.74) is -1.51. The topological polar surface area (TPSA) is 76.0 Å². The van der Waals surface area contributed by atoms with E-state index in [0.717, 1.165) is 12.1 Å². The third-order valence-corrected chi connectivity index (χ3v) is 5.10. The number of halogens is 6. The molecule has 1 aliphatic rings. The van der Waals surface area contributed by atoms with Gasteiger partial charge >= 0.3 is 6.18 Å². The maximum atomic E-state index is 13.8. The van der Waals surface area contributed by atoms with Gasteiger partial charge in [0.05, 0.1) is 23.6 Å². The first-order valence-corrected chi connectivity index (χ1v) is 9.39. The van der Waals surface area contributed by atoms with Gasteiger partial charge in [0.25, 0.3) is 5.91 Å². The van der Waals surface area contributed by atoms with Crippen LogP contribution in [0.15, 0.2) is 42.7 Å². The number of fused-ring (bicyclic) bond motifs is 1. The van der Waals surface area contributed by atoms with E-state index in [0.29, 0.717) is 12.1 Å². The monoisotopic (exact) mass is 470 g/mol. The number of aromatic nitrogens is 2. The normalized spacial score (nSPS) is 15.8. The molecule has 2 aromatic carbocycles. The van der Waals surface area contributed by atoms with Crippen molar-refractivity contribution in [1.29, 1.82) is 0 Å². The number of anilines is 1. The molecule has 6 nitrogen and oxygen atoms in total. The maximum Gasteiger partial charge on any atom is 0.416 e. The zero-order chi connectivity index (χ0) is 23.2. The Labute approximate surface area is 182 Å². The quantitative estimate of drug-likeness (QED) is 0.560. The minimum absolute atomic E-state index is 0.113. The van der Waals surface area contributed by atoms with E-state index >= 15 is 0 Å². The first-order chi connectivity index (χ1) is 15.0. The number of alkyl halides is 3. The van der Waals surface area contributed by atoms with Crippen molar-refractivity contribution in [3.8, 4) is 0 Å². The first kappa shape index (κ1) is 21.8. The number of carbonyl (C=O) groups excluding carboxylic acids is 2. The fraction of sp³-hybridized carbons (Fsp3) is 0.150. The average Bonchev–Trinajstić information content (AvgIpc) is 3.10. The molecular weight excluding hydrogens is 459 g/mol. The van der Waals surface area contributed by atoms with Gasteiger partial charge in [0.1, 0.15) is 18.2 Å². The van der Waals surface area contributed by atoms with Crippen molar-refractivity contribution < 1.29 is 31.5 Å². The van der Waals surface area contributed by atoms with E-state index in [4.69, 9.17) is 11.6 Å². The number of rotatable bonds is 3. The van der Waals surface area contributed by atoms with Crippen molar-refractivity contribution >= 4 is 29.2 Å². The molecule has 0 saturated carbocycles. The van der Waals surface area contributed by atoms with E-state index in [1.165, 1.54) is 17.0 Å². The van der Waals surface area contributed by atoms with Crippen molar-refractivity contribution in [3.63, 3.8) is 0 Å². The maximum absolute atomic E-state index is 13.8. The molecule has 2 N–H and O–H groups in total. The van der Waals surface area contributed by atoms with Gasteiger partial charge in [0.2, 0.25) is 5.91 Å². The number of carbonyl (C=O) groups is 2. The number of hydrogen-bond donors (Lipinski definition) is 2. The van der Waals surface area contributed by atoms with Crippen LogP contribution in [0.5, 0.6) is 0 Å². The molecule has 0 fully saturated rings. The lowest BCUT2D eigenvalue weighted by Crippen LogP contribution is -2.39. The van der Waals surface area contributed by atoms with Crippen molar-refractivity contribution in [2.45, 2.75) is 18.8 Å². The Hall–Kier alpha value is -3.47. The molecule has 1 aromatic heterocycles.